The lowest BCUT2D eigenvalue weighted by Crippen LogP contribution is -2.53. The standard InChI is InChI=1S/C18H26N4O3/c1-20(2)10-8-19-18(23)15-12-13-11-14(22(24)25)6-7-16(13)21-9-4-3-5-17(15)21/h6-7,11,15,17H,3-5,8-10,12H2,1-2H3,(H,19,23). The summed E-state index contributed by atoms with van der Waals surface area (Å²) in [6.07, 6.45) is 3.81. The molecule has 0 spiro atoms. The molecule has 0 radical (unpaired) electrons. The van der Waals surface area contributed by atoms with E-state index in [1.165, 1.54) is 0 Å². The highest BCUT2D eigenvalue weighted by Crippen LogP contribution is 2.39. The number of carbonyl (C=O) groups is 1. The Balaban J connectivity index is 1.83. The van der Waals surface area contributed by atoms with Gasteiger partial charge in [0.15, 0.2) is 0 Å². The molecular weight excluding hydrogens is 320 g/mol. The molecule has 2 atom stereocenters. The lowest BCUT2D eigenvalue weighted by atomic mass is 9.80. The van der Waals surface area contributed by atoms with E-state index < -0.39 is 0 Å². The van der Waals surface area contributed by atoms with Gasteiger partial charge in [0.2, 0.25) is 5.91 Å². The molecule has 1 aromatic carbocycles. The van der Waals surface area contributed by atoms with Crippen molar-refractivity contribution in [2.24, 2.45) is 5.92 Å². The second-order valence-corrected chi connectivity index (χ2v) is 7.23. The molecule has 1 aromatic rings. The number of nitro groups is 1. The minimum absolute atomic E-state index is 0.0657. The van der Waals surface area contributed by atoms with Crippen molar-refractivity contribution in [1.29, 1.82) is 0 Å². The Morgan fingerprint density at radius 2 is 2.20 bits per heavy atom. The Morgan fingerprint density at radius 3 is 2.92 bits per heavy atom. The molecule has 2 aliphatic rings. The van der Waals surface area contributed by atoms with Crippen LogP contribution >= 0.6 is 0 Å². The van der Waals surface area contributed by atoms with Gasteiger partial charge in [0, 0.05) is 43.5 Å². The topological polar surface area (TPSA) is 78.7 Å². The van der Waals surface area contributed by atoms with Crippen LogP contribution in [0.15, 0.2) is 18.2 Å². The number of nitro benzene ring substituents is 1. The summed E-state index contributed by atoms with van der Waals surface area (Å²) in [7, 11) is 3.95. The van der Waals surface area contributed by atoms with Crippen molar-refractivity contribution in [1.82, 2.24) is 10.2 Å². The number of hydrogen-bond acceptors (Lipinski definition) is 5. The first-order chi connectivity index (χ1) is 12.0. The van der Waals surface area contributed by atoms with Gasteiger partial charge in [-0.15, -0.1) is 0 Å². The van der Waals surface area contributed by atoms with Crippen LogP contribution in [0.1, 0.15) is 24.8 Å². The molecule has 1 fully saturated rings. The molecule has 2 heterocycles. The smallest absolute Gasteiger partial charge is 0.269 e. The van der Waals surface area contributed by atoms with E-state index in [2.05, 4.69) is 10.2 Å². The van der Waals surface area contributed by atoms with Crippen molar-refractivity contribution < 1.29 is 9.72 Å². The van der Waals surface area contributed by atoms with Crippen LogP contribution in [0, 0.1) is 16.0 Å². The molecule has 2 unspecified atom stereocenters. The van der Waals surface area contributed by atoms with Gasteiger partial charge in [-0.1, -0.05) is 0 Å². The average molecular weight is 346 g/mol. The Hall–Kier alpha value is -2.15. The number of piperidine rings is 1. The quantitative estimate of drug-likeness (QED) is 0.650. The number of hydrogen-bond donors (Lipinski definition) is 1. The van der Waals surface area contributed by atoms with Gasteiger partial charge in [-0.25, -0.2) is 0 Å². The Labute approximate surface area is 148 Å². The minimum atomic E-state index is -0.366. The minimum Gasteiger partial charge on any atom is -0.368 e. The zero-order chi connectivity index (χ0) is 18.0. The highest BCUT2D eigenvalue weighted by molar-refractivity contribution is 5.82. The van der Waals surface area contributed by atoms with Crippen LogP contribution in [-0.4, -0.2) is 55.5 Å². The monoisotopic (exact) mass is 346 g/mol. The van der Waals surface area contributed by atoms with E-state index >= 15 is 0 Å². The number of nitrogens with zero attached hydrogens (tertiary/aromatic N) is 3. The second kappa shape index (κ2) is 7.39. The van der Waals surface area contributed by atoms with E-state index in [9.17, 15) is 14.9 Å². The average Bonchev–Trinajstić information content (AvgIpc) is 2.60. The second-order valence-electron chi connectivity index (χ2n) is 7.23. The van der Waals surface area contributed by atoms with Gasteiger partial charge in [0.05, 0.1) is 10.8 Å². The summed E-state index contributed by atoms with van der Waals surface area (Å²) >= 11 is 0. The van der Waals surface area contributed by atoms with E-state index in [4.69, 9.17) is 0 Å². The molecule has 25 heavy (non-hydrogen) atoms. The summed E-state index contributed by atoms with van der Waals surface area (Å²) in [6.45, 7) is 2.34. The molecule has 7 nitrogen and oxygen atoms in total. The normalized spacial score (nSPS) is 22.3. The van der Waals surface area contributed by atoms with Crippen LogP contribution in [0.2, 0.25) is 0 Å². The number of nitrogens with one attached hydrogen (secondary N) is 1. The van der Waals surface area contributed by atoms with Gasteiger partial charge in [0.1, 0.15) is 0 Å². The van der Waals surface area contributed by atoms with Crippen LogP contribution in [-0.2, 0) is 11.2 Å². The van der Waals surface area contributed by atoms with Crippen LogP contribution in [0.5, 0.6) is 0 Å². The largest absolute Gasteiger partial charge is 0.368 e. The van der Waals surface area contributed by atoms with Gasteiger partial charge in [-0.3, -0.25) is 14.9 Å². The van der Waals surface area contributed by atoms with Crippen LogP contribution in [0.25, 0.3) is 0 Å². The summed E-state index contributed by atoms with van der Waals surface area (Å²) in [6, 6.07) is 5.26. The van der Waals surface area contributed by atoms with Crippen molar-refractivity contribution in [3.8, 4) is 0 Å². The lowest BCUT2D eigenvalue weighted by Gasteiger charge is -2.45. The third-order valence-electron chi connectivity index (χ3n) is 5.23. The number of benzene rings is 1. The van der Waals surface area contributed by atoms with Gasteiger partial charge in [0.25, 0.3) is 5.69 Å². The number of non-ortho nitro benzene ring substituents is 1. The van der Waals surface area contributed by atoms with Crippen molar-refractivity contribution in [3.05, 3.63) is 33.9 Å². The fourth-order valence-electron chi connectivity index (χ4n) is 3.98. The summed E-state index contributed by atoms with van der Waals surface area (Å²) in [5, 5.41) is 14.1. The van der Waals surface area contributed by atoms with E-state index in [1.54, 1.807) is 12.1 Å². The maximum absolute atomic E-state index is 12.8. The molecule has 0 bridgehead atoms. The van der Waals surface area contributed by atoms with E-state index in [0.717, 1.165) is 43.6 Å². The van der Waals surface area contributed by atoms with Crippen LogP contribution in [0.3, 0.4) is 0 Å². The molecule has 0 aromatic heterocycles. The maximum atomic E-state index is 12.8. The third kappa shape index (κ3) is 3.76. The van der Waals surface area contributed by atoms with Crippen LogP contribution in [0.4, 0.5) is 11.4 Å². The highest BCUT2D eigenvalue weighted by atomic mass is 16.6. The molecule has 1 N–H and O–H groups in total. The number of anilines is 1. The Bertz CT molecular complexity index is 662. The van der Waals surface area contributed by atoms with E-state index in [0.29, 0.717) is 13.0 Å². The fraction of sp³-hybridized carbons (Fsp3) is 0.611. The summed E-state index contributed by atoms with van der Waals surface area (Å²) in [5.41, 5.74) is 2.08. The fourth-order valence-corrected chi connectivity index (χ4v) is 3.98. The number of fused-ring (bicyclic) bond motifs is 3. The molecule has 1 amide bonds. The summed E-state index contributed by atoms with van der Waals surface area (Å²) < 4.78 is 0. The lowest BCUT2D eigenvalue weighted by molar-refractivity contribution is -0.384. The molecule has 1 saturated heterocycles. The van der Waals surface area contributed by atoms with Gasteiger partial charge >= 0.3 is 0 Å². The predicted molar refractivity (Wildman–Crippen MR) is 96.8 cm³/mol. The highest BCUT2D eigenvalue weighted by Gasteiger charge is 2.39. The zero-order valence-corrected chi connectivity index (χ0v) is 14.9. The SMILES string of the molecule is CN(C)CCNC(=O)C1Cc2cc([N+](=O)[O-])ccc2N2CCCCC12. The number of rotatable bonds is 5. The number of likely N-dealkylation sites (N-methyl/N-ethyl adjacent to an activating group) is 1. The van der Waals surface area contributed by atoms with Crippen molar-refractivity contribution in [2.75, 3.05) is 38.6 Å². The molecule has 2 aliphatic heterocycles. The van der Waals surface area contributed by atoms with Gasteiger partial charge in [-0.2, -0.15) is 0 Å². The van der Waals surface area contributed by atoms with E-state index in [1.807, 2.05) is 25.1 Å². The van der Waals surface area contributed by atoms with Gasteiger partial charge < -0.3 is 15.1 Å². The molecule has 136 valence electrons. The number of amides is 1. The maximum Gasteiger partial charge on any atom is 0.269 e. The first-order valence-corrected chi connectivity index (χ1v) is 8.94. The first-order valence-electron chi connectivity index (χ1n) is 8.94. The van der Waals surface area contributed by atoms with Crippen molar-refractivity contribution in [3.63, 3.8) is 0 Å². The Morgan fingerprint density at radius 1 is 1.40 bits per heavy atom. The third-order valence-corrected chi connectivity index (χ3v) is 5.23. The molecule has 7 heteroatoms. The van der Waals surface area contributed by atoms with Gasteiger partial charge in [-0.05, 0) is 51.4 Å². The van der Waals surface area contributed by atoms with E-state index in [-0.39, 0.29) is 28.5 Å². The number of carbonyl (C=O) groups excluding carboxylic acids is 1. The predicted octanol–water partition coefficient (Wildman–Crippen LogP) is 1.80. The van der Waals surface area contributed by atoms with Crippen LogP contribution < -0.4 is 10.2 Å². The molecule has 0 saturated carbocycles. The first kappa shape index (κ1) is 17.7. The molecule has 3 rings (SSSR count). The summed E-state index contributed by atoms with van der Waals surface area (Å²) in [5.74, 6) is -0.0760. The zero-order valence-electron chi connectivity index (χ0n) is 14.9. The van der Waals surface area contributed by atoms with Crippen molar-refractivity contribution in [2.45, 2.75) is 31.7 Å². The molecular formula is C18H26N4O3. The van der Waals surface area contributed by atoms with Crippen molar-refractivity contribution >= 4 is 17.3 Å². The Kier molecular flexibility index (Phi) is 5.22. The molecule has 0 aliphatic carbocycles. The summed E-state index contributed by atoms with van der Waals surface area (Å²) in [4.78, 5) is 27.8.